The number of aryl methyl sites for hydroxylation is 1. The standard InChI is InChI=1S/C21H23F3N2O3/c1-13(2)15-5-4-6-16(11-15)26-8-7-14(3)18(20(26)28)19(27)25-9-10-29-17(12-25)21(22,23)24/h4-8,11,13,17H,9-10,12H2,1-3H3. The van der Waals surface area contributed by atoms with E-state index in [0.717, 1.165) is 10.5 Å². The first-order chi connectivity index (χ1) is 13.6. The number of aromatic nitrogens is 1. The Kier molecular flexibility index (Phi) is 5.84. The molecule has 0 aliphatic carbocycles. The fourth-order valence-electron chi connectivity index (χ4n) is 3.31. The molecule has 0 radical (unpaired) electrons. The summed E-state index contributed by atoms with van der Waals surface area (Å²) in [6.07, 6.45) is -5.04. The first-order valence-corrected chi connectivity index (χ1v) is 9.39. The number of pyridine rings is 1. The van der Waals surface area contributed by atoms with Gasteiger partial charge in [0.15, 0.2) is 6.10 Å². The van der Waals surface area contributed by atoms with Crippen LogP contribution >= 0.6 is 0 Å². The highest BCUT2D eigenvalue weighted by Gasteiger charge is 2.44. The third kappa shape index (κ3) is 4.37. The van der Waals surface area contributed by atoms with Gasteiger partial charge in [-0.05, 0) is 42.2 Å². The number of morpholine rings is 1. The van der Waals surface area contributed by atoms with Crippen LogP contribution in [0.25, 0.3) is 5.69 Å². The van der Waals surface area contributed by atoms with E-state index >= 15 is 0 Å². The van der Waals surface area contributed by atoms with Gasteiger partial charge in [-0.1, -0.05) is 26.0 Å². The van der Waals surface area contributed by atoms with Crippen LogP contribution in [0.15, 0.2) is 41.3 Å². The molecule has 1 atom stereocenters. The Morgan fingerprint density at radius 3 is 2.62 bits per heavy atom. The molecule has 1 aromatic heterocycles. The van der Waals surface area contributed by atoms with Crippen molar-refractivity contribution in [2.45, 2.75) is 39.0 Å². The molecule has 1 aliphatic heterocycles. The highest BCUT2D eigenvalue weighted by Crippen LogP contribution is 2.26. The van der Waals surface area contributed by atoms with Crippen molar-refractivity contribution in [3.8, 4) is 5.69 Å². The fraction of sp³-hybridized carbons (Fsp3) is 0.429. The van der Waals surface area contributed by atoms with Crippen molar-refractivity contribution in [1.29, 1.82) is 0 Å². The Hall–Kier alpha value is -2.61. The lowest BCUT2D eigenvalue weighted by Crippen LogP contribution is -2.52. The molecule has 156 valence electrons. The molecule has 1 fully saturated rings. The maximum atomic E-state index is 13.1. The number of hydrogen-bond acceptors (Lipinski definition) is 3. The number of benzene rings is 1. The quantitative estimate of drug-likeness (QED) is 0.779. The van der Waals surface area contributed by atoms with Gasteiger partial charge >= 0.3 is 6.18 Å². The number of carbonyl (C=O) groups is 1. The minimum absolute atomic E-state index is 0.00201. The molecule has 1 aliphatic rings. The molecule has 2 heterocycles. The van der Waals surface area contributed by atoms with Gasteiger partial charge in [0, 0.05) is 18.4 Å². The predicted molar refractivity (Wildman–Crippen MR) is 103 cm³/mol. The molecule has 2 aromatic rings. The summed E-state index contributed by atoms with van der Waals surface area (Å²) in [5.41, 5.74) is 1.39. The Bertz CT molecular complexity index is 966. The minimum Gasteiger partial charge on any atom is -0.365 e. The summed E-state index contributed by atoms with van der Waals surface area (Å²) >= 11 is 0. The van der Waals surface area contributed by atoms with Crippen LogP contribution in [0.4, 0.5) is 13.2 Å². The lowest BCUT2D eigenvalue weighted by Gasteiger charge is -2.34. The summed E-state index contributed by atoms with van der Waals surface area (Å²) in [5, 5.41) is 0. The first kappa shape index (κ1) is 21.1. The van der Waals surface area contributed by atoms with Crippen LogP contribution in [0.1, 0.15) is 41.3 Å². The molecule has 8 heteroatoms. The summed E-state index contributed by atoms with van der Waals surface area (Å²) in [7, 11) is 0. The van der Waals surface area contributed by atoms with Crippen LogP contribution in [-0.4, -0.2) is 47.4 Å². The molecule has 1 unspecified atom stereocenters. The van der Waals surface area contributed by atoms with E-state index in [0.29, 0.717) is 11.3 Å². The van der Waals surface area contributed by atoms with Crippen molar-refractivity contribution < 1.29 is 22.7 Å². The molecule has 1 amide bonds. The van der Waals surface area contributed by atoms with Crippen LogP contribution < -0.4 is 5.56 Å². The van der Waals surface area contributed by atoms with E-state index in [1.165, 1.54) is 4.57 Å². The highest BCUT2D eigenvalue weighted by molar-refractivity contribution is 5.95. The number of alkyl halides is 3. The van der Waals surface area contributed by atoms with Crippen LogP contribution in [0.5, 0.6) is 0 Å². The summed E-state index contributed by atoms with van der Waals surface area (Å²) in [6.45, 7) is 4.81. The summed E-state index contributed by atoms with van der Waals surface area (Å²) in [4.78, 5) is 27.1. The molecule has 0 bridgehead atoms. The zero-order chi connectivity index (χ0) is 21.3. The van der Waals surface area contributed by atoms with Crippen LogP contribution in [0, 0.1) is 6.92 Å². The molecule has 0 spiro atoms. The molecular weight excluding hydrogens is 385 g/mol. The van der Waals surface area contributed by atoms with Crippen LogP contribution in [0.2, 0.25) is 0 Å². The Labute approximate surface area is 166 Å². The van der Waals surface area contributed by atoms with Gasteiger partial charge in [-0.15, -0.1) is 0 Å². The normalized spacial score (nSPS) is 17.6. The fourth-order valence-corrected chi connectivity index (χ4v) is 3.31. The topological polar surface area (TPSA) is 51.5 Å². The van der Waals surface area contributed by atoms with E-state index in [1.54, 1.807) is 25.3 Å². The van der Waals surface area contributed by atoms with Crippen molar-refractivity contribution in [2.75, 3.05) is 19.7 Å². The average Bonchev–Trinajstić information content (AvgIpc) is 2.67. The second kappa shape index (κ2) is 8.02. The maximum Gasteiger partial charge on any atom is 0.416 e. The first-order valence-electron chi connectivity index (χ1n) is 9.39. The predicted octanol–water partition coefficient (Wildman–Crippen LogP) is 3.67. The van der Waals surface area contributed by atoms with Gasteiger partial charge in [-0.3, -0.25) is 14.2 Å². The van der Waals surface area contributed by atoms with E-state index in [4.69, 9.17) is 4.74 Å². The van der Waals surface area contributed by atoms with Gasteiger partial charge in [-0.2, -0.15) is 13.2 Å². The van der Waals surface area contributed by atoms with Gasteiger partial charge < -0.3 is 9.64 Å². The van der Waals surface area contributed by atoms with Crippen LogP contribution in [-0.2, 0) is 4.74 Å². The summed E-state index contributed by atoms with van der Waals surface area (Å²) < 4.78 is 45.1. The smallest absolute Gasteiger partial charge is 0.365 e. The van der Waals surface area contributed by atoms with Gasteiger partial charge in [0.2, 0.25) is 0 Å². The maximum absolute atomic E-state index is 13.1. The zero-order valence-electron chi connectivity index (χ0n) is 16.5. The van der Waals surface area contributed by atoms with E-state index in [9.17, 15) is 22.8 Å². The largest absolute Gasteiger partial charge is 0.416 e. The van der Waals surface area contributed by atoms with Gasteiger partial charge in [-0.25, -0.2) is 0 Å². The SMILES string of the molecule is Cc1ccn(-c2cccc(C(C)C)c2)c(=O)c1C(=O)N1CCOC(C(F)(F)F)C1. The molecule has 1 aromatic carbocycles. The van der Waals surface area contributed by atoms with Crippen molar-refractivity contribution in [3.63, 3.8) is 0 Å². The number of hydrogen-bond donors (Lipinski definition) is 0. The minimum atomic E-state index is -4.57. The lowest BCUT2D eigenvalue weighted by molar-refractivity contribution is -0.233. The number of nitrogens with zero attached hydrogens (tertiary/aromatic N) is 2. The molecule has 3 rings (SSSR count). The van der Waals surface area contributed by atoms with E-state index < -0.39 is 30.3 Å². The van der Waals surface area contributed by atoms with E-state index in [1.807, 2.05) is 32.0 Å². The van der Waals surface area contributed by atoms with E-state index in [2.05, 4.69) is 0 Å². The summed E-state index contributed by atoms with van der Waals surface area (Å²) in [6, 6.07) is 9.02. The molecular formula is C21H23F3N2O3. The molecule has 29 heavy (non-hydrogen) atoms. The number of halogens is 3. The second-order valence-electron chi connectivity index (χ2n) is 7.45. The number of amides is 1. The van der Waals surface area contributed by atoms with Crippen molar-refractivity contribution in [1.82, 2.24) is 9.47 Å². The molecule has 0 N–H and O–H groups in total. The Morgan fingerprint density at radius 1 is 1.24 bits per heavy atom. The third-order valence-electron chi connectivity index (χ3n) is 5.05. The second-order valence-corrected chi connectivity index (χ2v) is 7.45. The molecule has 1 saturated heterocycles. The summed E-state index contributed by atoms with van der Waals surface area (Å²) in [5.74, 6) is -0.454. The average molecular weight is 408 g/mol. The highest BCUT2D eigenvalue weighted by atomic mass is 19.4. The van der Waals surface area contributed by atoms with Gasteiger partial charge in [0.25, 0.3) is 11.5 Å². The van der Waals surface area contributed by atoms with Gasteiger partial charge in [0.1, 0.15) is 5.56 Å². The number of carbonyl (C=O) groups excluding carboxylic acids is 1. The third-order valence-corrected chi connectivity index (χ3v) is 5.05. The molecule has 5 nitrogen and oxygen atoms in total. The number of rotatable bonds is 3. The lowest BCUT2D eigenvalue weighted by atomic mass is 10.0. The van der Waals surface area contributed by atoms with Crippen molar-refractivity contribution >= 4 is 5.91 Å². The van der Waals surface area contributed by atoms with Crippen molar-refractivity contribution in [3.05, 3.63) is 63.6 Å². The van der Waals surface area contributed by atoms with E-state index in [-0.39, 0.29) is 24.6 Å². The van der Waals surface area contributed by atoms with Crippen LogP contribution in [0.3, 0.4) is 0 Å². The zero-order valence-corrected chi connectivity index (χ0v) is 16.5. The Morgan fingerprint density at radius 2 is 1.97 bits per heavy atom. The van der Waals surface area contributed by atoms with Gasteiger partial charge in [0.05, 0.1) is 13.2 Å². The van der Waals surface area contributed by atoms with Crippen molar-refractivity contribution in [2.24, 2.45) is 0 Å². The Balaban J connectivity index is 1.98. The number of ether oxygens (including phenoxy) is 1. The molecule has 0 saturated carbocycles. The monoisotopic (exact) mass is 408 g/mol.